The molecule has 1 atom stereocenters. The van der Waals surface area contributed by atoms with Crippen LogP contribution in [0, 0.1) is 0 Å². The summed E-state index contributed by atoms with van der Waals surface area (Å²) in [5, 5.41) is 3.26. The molecule has 0 radical (unpaired) electrons. The van der Waals surface area contributed by atoms with Gasteiger partial charge >= 0.3 is 5.69 Å². The molecule has 7 heteroatoms. The van der Waals surface area contributed by atoms with Crippen LogP contribution in [0.1, 0.15) is 6.92 Å². The molecular weight excluding hydrogens is 304 g/mol. The summed E-state index contributed by atoms with van der Waals surface area (Å²) in [6, 6.07) is 7.72. The smallest absolute Gasteiger partial charge is 0.329 e. The van der Waals surface area contributed by atoms with Gasteiger partial charge in [-0.05, 0) is 19.1 Å². The number of aromatic nitrogens is 2. The number of piperazine rings is 1. The van der Waals surface area contributed by atoms with Gasteiger partial charge in [0.2, 0.25) is 5.91 Å². The van der Waals surface area contributed by atoms with Crippen molar-refractivity contribution >= 4 is 29.3 Å². The summed E-state index contributed by atoms with van der Waals surface area (Å²) in [4.78, 5) is 26.7. The van der Waals surface area contributed by atoms with Crippen LogP contribution < -0.4 is 11.0 Å². The number of hydrogen-bond donors (Lipinski definition) is 1. The first-order chi connectivity index (χ1) is 10.1. The molecule has 1 saturated heterocycles. The Hall–Kier alpha value is -1.79. The van der Waals surface area contributed by atoms with E-state index in [4.69, 9.17) is 0 Å². The molecule has 0 aliphatic carbocycles. The molecule has 6 nitrogen and oxygen atoms in total. The number of amides is 1. The van der Waals surface area contributed by atoms with E-state index in [0.29, 0.717) is 6.54 Å². The van der Waals surface area contributed by atoms with E-state index in [1.54, 1.807) is 16.2 Å². The molecule has 0 unspecified atom stereocenters. The van der Waals surface area contributed by atoms with Crippen molar-refractivity contribution in [3.8, 4) is 0 Å². The molecular formula is C15H21ClN4O2. The Morgan fingerprint density at radius 1 is 1.32 bits per heavy atom. The number of hydrogen-bond acceptors (Lipinski definition) is 3. The minimum Gasteiger partial charge on any atom is -0.336 e. The van der Waals surface area contributed by atoms with Crippen LogP contribution >= 0.6 is 12.4 Å². The lowest BCUT2D eigenvalue weighted by atomic mass is 10.2. The molecule has 22 heavy (non-hydrogen) atoms. The van der Waals surface area contributed by atoms with Crippen molar-refractivity contribution in [1.82, 2.24) is 19.4 Å². The van der Waals surface area contributed by atoms with Crippen LogP contribution in [0.2, 0.25) is 0 Å². The molecule has 1 N–H and O–H groups in total. The molecule has 0 bridgehead atoms. The van der Waals surface area contributed by atoms with Crippen molar-refractivity contribution in [1.29, 1.82) is 0 Å². The van der Waals surface area contributed by atoms with Crippen molar-refractivity contribution in [3.05, 3.63) is 34.7 Å². The molecule has 2 heterocycles. The number of aryl methyl sites for hydroxylation is 1. The summed E-state index contributed by atoms with van der Waals surface area (Å²) in [6.45, 7) is 4.43. The van der Waals surface area contributed by atoms with Gasteiger partial charge in [-0.15, -0.1) is 12.4 Å². The highest BCUT2D eigenvalue weighted by atomic mass is 35.5. The second-order valence-corrected chi connectivity index (χ2v) is 5.56. The molecule has 0 saturated carbocycles. The Morgan fingerprint density at radius 2 is 2.00 bits per heavy atom. The molecule has 120 valence electrons. The zero-order valence-electron chi connectivity index (χ0n) is 12.8. The van der Waals surface area contributed by atoms with Crippen LogP contribution in [0.3, 0.4) is 0 Å². The van der Waals surface area contributed by atoms with Gasteiger partial charge in [-0.25, -0.2) is 4.79 Å². The first kappa shape index (κ1) is 16.6. The van der Waals surface area contributed by atoms with Gasteiger partial charge in [0.15, 0.2) is 0 Å². The average molecular weight is 325 g/mol. The number of carbonyl (C=O) groups is 1. The number of fused-ring (bicyclic) bond motifs is 1. The summed E-state index contributed by atoms with van der Waals surface area (Å²) in [5.41, 5.74) is 1.51. The van der Waals surface area contributed by atoms with Gasteiger partial charge in [-0.2, -0.15) is 0 Å². The van der Waals surface area contributed by atoms with Gasteiger partial charge in [0.1, 0.15) is 6.54 Å². The topological polar surface area (TPSA) is 59.3 Å². The summed E-state index contributed by atoms with van der Waals surface area (Å²) in [7, 11) is 1.74. The summed E-state index contributed by atoms with van der Waals surface area (Å²) >= 11 is 0. The predicted molar refractivity (Wildman–Crippen MR) is 88.5 cm³/mol. The maximum Gasteiger partial charge on any atom is 0.329 e. The Balaban J connectivity index is 0.00000176. The van der Waals surface area contributed by atoms with E-state index in [1.165, 1.54) is 0 Å². The number of benzene rings is 1. The highest BCUT2D eigenvalue weighted by Crippen LogP contribution is 2.12. The summed E-state index contributed by atoms with van der Waals surface area (Å²) in [5.74, 6) is 0.00227. The minimum atomic E-state index is -0.146. The van der Waals surface area contributed by atoms with Crippen LogP contribution in [-0.2, 0) is 18.4 Å². The Kier molecular flexibility index (Phi) is 4.93. The molecule has 0 spiro atoms. The number of rotatable bonds is 2. The third-order valence-corrected chi connectivity index (χ3v) is 4.17. The van der Waals surface area contributed by atoms with E-state index in [1.807, 2.05) is 36.1 Å². The van der Waals surface area contributed by atoms with E-state index < -0.39 is 0 Å². The van der Waals surface area contributed by atoms with Gasteiger partial charge in [0.25, 0.3) is 0 Å². The Morgan fingerprint density at radius 3 is 2.68 bits per heavy atom. The quantitative estimate of drug-likeness (QED) is 0.879. The fourth-order valence-electron chi connectivity index (χ4n) is 2.95. The highest BCUT2D eigenvalue weighted by Gasteiger charge is 2.24. The van der Waals surface area contributed by atoms with Crippen LogP contribution in [0.5, 0.6) is 0 Å². The van der Waals surface area contributed by atoms with Crippen LogP contribution in [0.25, 0.3) is 11.0 Å². The normalized spacial score (nSPS) is 18.3. The molecule has 1 amide bonds. The first-order valence-corrected chi connectivity index (χ1v) is 7.24. The molecule has 1 fully saturated rings. The number of nitrogens with zero attached hydrogens (tertiary/aromatic N) is 3. The molecule has 2 aromatic rings. The lowest BCUT2D eigenvalue weighted by Gasteiger charge is -2.34. The van der Waals surface area contributed by atoms with Crippen LogP contribution in [0.15, 0.2) is 29.1 Å². The number of nitrogens with one attached hydrogen (secondary N) is 1. The number of para-hydroxylation sites is 2. The molecule has 1 aromatic carbocycles. The molecule has 1 aliphatic rings. The predicted octanol–water partition coefficient (Wildman–Crippen LogP) is 0.582. The maximum absolute atomic E-state index is 12.5. The largest absolute Gasteiger partial charge is 0.336 e. The van der Waals surface area contributed by atoms with Crippen molar-refractivity contribution in [3.63, 3.8) is 0 Å². The monoisotopic (exact) mass is 324 g/mol. The summed E-state index contributed by atoms with van der Waals surface area (Å²) in [6.07, 6.45) is 0. The van der Waals surface area contributed by atoms with Gasteiger partial charge in [-0.1, -0.05) is 12.1 Å². The first-order valence-electron chi connectivity index (χ1n) is 7.24. The zero-order valence-corrected chi connectivity index (χ0v) is 13.6. The SMILES string of the molecule is C[C@H]1CNCCN1C(=O)Cn1c(=O)n(C)c2ccccc21.Cl. The van der Waals surface area contributed by atoms with Gasteiger partial charge < -0.3 is 10.2 Å². The zero-order chi connectivity index (χ0) is 15.0. The van der Waals surface area contributed by atoms with E-state index in [0.717, 1.165) is 24.1 Å². The lowest BCUT2D eigenvalue weighted by molar-refractivity contribution is -0.134. The van der Waals surface area contributed by atoms with Crippen molar-refractivity contribution in [2.45, 2.75) is 19.5 Å². The van der Waals surface area contributed by atoms with E-state index in [-0.39, 0.29) is 36.6 Å². The van der Waals surface area contributed by atoms with Crippen molar-refractivity contribution in [2.75, 3.05) is 19.6 Å². The minimum absolute atomic E-state index is 0. The maximum atomic E-state index is 12.5. The molecule has 3 rings (SSSR count). The van der Waals surface area contributed by atoms with E-state index >= 15 is 0 Å². The number of halogens is 1. The van der Waals surface area contributed by atoms with Gasteiger partial charge in [0.05, 0.1) is 11.0 Å². The second-order valence-electron chi connectivity index (χ2n) is 5.56. The number of carbonyl (C=O) groups excluding carboxylic acids is 1. The van der Waals surface area contributed by atoms with E-state index in [9.17, 15) is 9.59 Å². The Bertz CT molecular complexity index is 737. The molecule has 1 aromatic heterocycles. The van der Waals surface area contributed by atoms with Gasteiger partial charge in [-0.3, -0.25) is 13.9 Å². The van der Waals surface area contributed by atoms with Crippen LogP contribution in [-0.4, -0.2) is 45.6 Å². The van der Waals surface area contributed by atoms with Gasteiger partial charge in [0, 0.05) is 32.7 Å². The molecule has 1 aliphatic heterocycles. The standard InChI is InChI=1S/C15H20N4O2.ClH/c1-11-9-16-7-8-18(11)14(20)10-19-13-6-4-3-5-12(13)17(2)15(19)21;/h3-6,11,16H,7-10H2,1-2H3;1H/t11-;/m0./s1. The second kappa shape index (κ2) is 6.54. The Labute approximate surface area is 135 Å². The van der Waals surface area contributed by atoms with Crippen molar-refractivity contribution in [2.24, 2.45) is 7.05 Å². The lowest BCUT2D eigenvalue weighted by Crippen LogP contribution is -2.53. The van der Waals surface area contributed by atoms with E-state index in [2.05, 4.69) is 5.32 Å². The highest BCUT2D eigenvalue weighted by molar-refractivity contribution is 5.85. The fraction of sp³-hybridized carbons (Fsp3) is 0.467. The fourth-order valence-corrected chi connectivity index (χ4v) is 2.95. The third kappa shape index (κ3) is 2.76. The third-order valence-electron chi connectivity index (χ3n) is 4.17. The van der Waals surface area contributed by atoms with Crippen LogP contribution in [0.4, 0.5) is 0 Å². The summed E-state index contributed by atoms with van der Waals surface area (Å²) < 4.78 is 3.15. The number of imidazole rings is 1. The van der Waals surface area contributed by atoms with Crippen molar-refractivity contribution < 1.29 is 4.79 Å². The average Bonchev–Trinajstić information content (AvgIpc) is 2.73.